The van der Waals surface area contributed by atoms with Gasteiger partial charge in [0.05, 0.1) is 0 Å². The van der Waals surface area contributed by atoms with E-state index < -0.39 is 0 Å². The Bertz CT molecular complexity index is 591. The number of hydrogen-bond donors (Lipinski definition) is 1. The molecule has 0 spiro atoms. The fourth-order valence-electron chi connectivity index (χ4n) is 2.22. The molecule has 0 aliphatic carbocycles. The Morgan fingerprint density at radius 2 is 1.78 bits per heavy atom. The third kappa shape index (κ3) is 2.38. The summed E-state index contributed by atoms with van der Waals surface area (Å²) in [4.78, 5) is 3.25. The number of aromatic amines is 1. The van der Waals surface area contributed by atoms with E-state index in [2.05, 4.69) is 64.3 Å². The van der Waals surface area contributed by atoms with Gasteiger partial charge in [-0.3, -0.25) is 0 Å². The highest BCUT2D eigenvalue weighted by atomic mass is 15.0. The summed E-state index contributed by atoms with van der Waals surface area (Å²) in [6.45, 7) is 0.934. The minimum Gasteiger partial charge on any atom is -0.365 e. The molecule has 0 amide bonds. The van der Waals surface area contributed by atoms with E-state index in [0.717, 1.165) is 13.0 Å². The van der Waals surface area contributed by atoms with Crippen molar-refractivity contribution in [3.8, 4) is 0 Å². The number of hydrogen-bond acceptors (Lipinski definition) is 0. The monoisotopic (exact) mass is 236 g/mol. The normalized spacial score (nSPS) is 10.7. The maximum Gasteiger partial charge on any atom is 0.0472 e. The number of H-pyrrole nitrogens is 1. The molecule has 2 heterocycles. The smallest absolute Gasteiger partial charge is 0.0472 e. The summed E-state index contributed by atoms with van der Waals surface area (Å²) in [7, 11) is 0. The molecule has 0 aliphatic heterocycles. The van der Waals surface area contributed by atoms with Crippen molar-refractivity contribution in [2.24, 2.45) is 0 Å². The van der Waals surface area contributed by atoms with Gasteiger partial charge in [0, 0.05) is 36.7 Å². The van der Waals surface area contributed by atoms with Crippen LogP contribution in [-0.4, -0.2) is 9.55 Å². The fourth-order valence-corrected chi connectivity index (χ4v) is 2.22. The highest BCUT2D eigenvalue weighted by Crippen LogP contribution is 2.11. The fraction of sp³-hybridized carbons (Fsp3) is 0.125. The van der Waals surface area contributed by atoms with Gasteiger partial charge in [0.2, 0.25) is 0 Å². The van der Waals surface area contributed by atoms with Crippen LogP contribution in [0.5, 0.6) is 0 Å². The predicted molar refractivity (Wildman–Crippen MR) is 73.6 cm³/mol. The topological polar surface area (TPSA) is 20.7 Å². The predicted octanol–water partition coefficient (Wildman–Crippen LogP) is 3.46. The summed E-state index contributed by atoms with van der Waals surface area (Å²) in [5, 5.41) is 0. The summed E-state index contributed by atoms with van der Waals surface area (Å²) >= 11 is 0. The van der Waals surface area contributed by atoms with Gasteiger partial charge in [0.1, 0.15) is 0 Å². The second-order valence-corrected chi connectivity index (χ2v) is 4.49. The Kier molecular flexibility index (Phi) is 3.01. The molecule has 3 rings (SSSR count). The van der Waals surface area contributed by atoms with Gasteiger partial charge in [-0.2, -0.15) is 0 Å². The van der Waals surface area contributed by atoms with Crippen molar-refractivity contribution >= 4 is 0 Å². The van der Waals surface area contributed by atoms with Crippen molar-refractivity contribution in [1.82, 2.24) is 9.55 Å². The number of benzene rings is 1. The van der Waals surface area contributed by atoms with Crippen molar-refractivity contribution in [3.05, 3.63) is 83.9 Å². The molecule has 0 fully saturated rings. The molecule has 0 radical (unpaired) electrons. The summed E-state index contributed by atoms with van der Waals surface area (Å²) in [6, 6.07) is 19.0. The minimum atomic E-state index is 0.934. The van der Waals surface area contributed by atoms with E-state index in [9.17, 15) is 0 Å². The van der Waals surface area contributed by atoms with Crippen LogP contribution >= 0.6 is 0 Å². The molecular weight excluding hydrogens is 220 g/mol. The van der Waals surface area contributed by atoms with Gasteiger partial charge in [-0.25, -0.2) is 0 Å². The average molecular weight is 236 g/mol. The molecule has 3 aromatic rings. The van der Waals surface area contributed by atoms with Gasteiger partial charge in [-0.15, -0.1) is 0 Å². The summed E-state index contributed by atoms with van der Waals surface area (Å²) < 4.78 is 2.30. The van der Waals surface area contributed by atoms with E-state index in [-0.39, 0.29) is 0 Å². The molecule has 2 aromatic heterocycles. The van der Waals surface area contributed by atoms with Crippen LogP contribution in [0.1, 0.15) is 17.0 Å². The molecule has 90 valence electrons. The molecule has 2 heteroatoms. The lowest BCUT2D eigenvalue weighted by atomic mass is 10.2. The van der Waals surface area contributed by atoms with Gasteiger partial charge in [-0.05, 0) is 29.8 Å². The lowest BCUT2D eigenvalue weighted by Gasteiger charge is -2.08. The van der Waals surface area contributed by atoms with Gasteiger partial charge in [0.15, 0.2) is 0 Å². The lowest BCUT2D eigenvalue weighted by molar-refractivity contribution is 0.755. The van der Waals surface area contributed by atoms with Gasteiger partial charge in [0.25, 0.3) is 0 Å². The second-order valence-electron chi connectivity index (χ2n) is 4.49. The second kappa shape index (κ2) is 4.96. The molecule has 0 bridgehead atoms. The van der Waals surface area contributed by atoms with Crippen LogP contribution < -0.4 is 0 Å². The van der Waals surface area contributed by atoms with Crippen molar-refractivity contribution in [3.63, 3.8) is 0 Å². The van der Waals surface area contributed by atoms with E-state index in [1.807, 2.05) is 12.3 Å². The summed E-state index contributed by atoms with van der Waals surface area (Å²) in [5.74, 6) is 0. The Morgan fingerprint density at radius 1 is 0.889 bits per heavy atom. The van der Waals surface area contributed by atoms with E-state index >= 15 is 0 Å². The lowest BCUT2D eigenvalue weighted by Crippen LogP contribution is -2.03. The zero-order valence-electron chi connectivity index (χ0n) is 10.2. The number of rotatable bonds is 4. The third-order valence-corrected chi connectivity index (χ3v) is 3.15. The third-order valence-electron chi connectivity index (χ3n) is 3.15. The van der Waals surface area contributed by atoms with E-state index in [1.54, 1.807) is 0 Å². The Balaban J connectivity index is 1.79. The van der Waals surface area contributed by atoms with Crippen molar-refractivity contribution in [2.75, 3.05) is 0 Å². The Hall–Kier alpha value is -2.22. The molecule has 1 N–H and O–H groups in total. The average Bonchev–Trinajstić information content (AvgIpc) is 3.04. The quantitative estimate of drug-likeness (QED) is 0.716. The maximum atomic E-state index is 3.25. The zero-order valence-corrected chi connectivity index (χ0v) is 10.2. The van der Waals surface area contributed by atoms with Crippen LogP contribution in [0.4, 0.5) is 0 Å². The van der Waals surface area contributed by atoms with E-state index in [0.29, 0.717) is 0 Å². The minimum absolute atomic E-state index is 0.934. The number of nitrogens with one attached hydrogen (secondary N) is 1. The first-order chi connectivity index (χ1) is 8.92. The van der Waals surface area contributed by atoms with Crippen LogP contribution in [0.15, 0.2) is 67.0 Å². The molecule has 0 unspecified atom stereocenters. The Labute approximate surface area is 107 Å². The number of nitrogens with zero attached hydrogens (tertiary/aromatic N) is 1. The summed E-state index contributed by atoms with van der Waals surface area (Å²) in [6.07, 6.45) is 5.07. The first-order valence-corrected chi connectivity index (χ1v) is 6.22. The first kappa shape index (κ1) is 10.9. The van der Waals surface area contributed by atoms with E-state index in [1.165, 1.54) is 17.0 Å². The Morgan fingerprint density at radius 3 is 2.56 bits per heavy atom. The number of aromatic nitrogens is 2. The molecule has 0 atom stereocenters. The van der Waals surface area contributed by atoms with E-state index in [4.69, 9.17) is 0 Å². The van der Waals surface area contributed by atoms with Crippen LogP contribution in [0, 0.1) is 0 Å². The zero-order chi connectivity index (χ0) is 12.2. The summed E-state index contributed by atoms with van der Waals surface area (Å²) in [5.41, 5.74) is 3.92. The van der Waals surface area contributed by atoms with Crippen molar-refractivity contribution in [1.29, 1.82) is 0 Å². The molecular formula is C16H16N2. The molecule has 2 nitrogen and oxygen atoms in total. The highest BCUT2D eigenvalue weighted by Gasteiger charge is 2.03. The SMILES string of the molecule is c1ccc(Cn2cccc2Cc2ccc[nH]2)cc1. The first-order valence-electron chi connectivity index (χ1n) is 6.22. The van der Waals surface area contributed by atoms with Crippen molar-refractivity contribution < 1.29 is 0 Å². The van der Waals surface area contributed by atoms with Crippen molar-refractivity contribution in [2.45, 2.75) is 13.0 Å². The van der Waals surface area contributed by atoms with Crippen LogP contribution in [0.3, 0.4) is 0 Å². The highest BCUT2D eigenvalue weighted by molar-refractivity contribution is 5.20. The largest absolute Gasteiger partial charge is 0.365 e. The molecule has 0 saturated heterocycles. The maximum absolute atomic E-state index is 3.25. The van der Waals surface area contributed by atoms with Gasteiger partial charge in [-0.1, -0.05) is 30.3 Å². The van der Waals surface area contributed by atoms with Crippen LogP contribution in [0.25, 0.3) is 0 Å². The standard InChI is InChI=1S/C16H16N2/c1-2-6-14(7-3-1)13-18-11-5-9-16(18)12-15-8-4-10-17-15/h1-11,17H,12-13H2. The van der Waals surface area contributed by atoms with Crippen LogP contribution in [0.2, 0.25) is 0 Å². The van der Waals surface area contributed by atoms with Gasteiger partial charge < -0.3 is 9.55 Å². The molecule has 1 aromatic carbocycles. The molecule has 0 saturated carbocycles. The van der Waals surface area contributed by atoms with Gasteiger partial charge >= 0.3 is 0 Å². The van der Waals surface area contributed by atoms with Crippen LogP contribution in [-0.2, 0) is 13.0 Å². The molecule has 18 heavy (non-hydrogen) atoms. The molecule has 0 aliphatic rings.